The number of aliphatic hydroxyl groups excluding tert-OH is 1. The van der Waals surface area contributed by atoms with Gasteiger partial charge in [-0.3, -0.25) is 9.13 Å². The number of aliphatic hydroxyl groups is 1. The number of rotatable bonds is 4. The fourth-order valence-electron chi connectivity index (χ4n) is 3.33. The molecule has 0 aliphatic heterocycles. The molecule has 1 aliphatic rings. The third-order valence-corrected chi connectivity index (χ3v) is 5.10. The van der Waals surface area contributed by atoms with Gasteiger partial charge in [0.15, 0.2) is 5.65 Å². The molecule has 1 unspecified atom stereocenters. The molecule has 1 aliphatic carbocycles. The first kappa shape index (κ1) is 16.9. The Bertz CT molecular complexity index is 1070. The fraction of sp³-hybridized carbons (Fsp3) is 0.368. The molecule has 26 heavy (non-hydrogen) atoms. The highest BCUT2D eigenvalue weighted by atomic mass is 19.3. The summed E-state index contributed by atoms with van der Waals surface area (Å²) in [5.41, 5.74) is 3.99. The van der Waals surface area contributed by atoms with Crippen LogP contribution >= 0.6 is 0 Å². The second kappa shape index (κ2) is 5.74. The molecule has 0 saturated heterocycles. The second-order valence-electron chi connectivity index (χ2n) is 6.96. The molecule has 3 aromatic rings. The van der Waals surface area contributed by atoms with Crippen LogP contribution < -0.4 is 5.69 Å². The highest BCUT2D eigenvalue weighted by molar-refractivity contribution is 5.77. The monoisotopic (exact) mass is 359 g/mol. The van der Waals surface area contributed by atoms with Gasteiger partial charge in [-0.25, -0.2) is 18.6 Å². The van der Waals surface area contributed by atoms with E-state index >= 15 is 0 Å². The van der Waals surface area contributed by atoms with Crippen LogP contribution in [0.1, 0.15) is 17.5 Å². The standard InChI is InChI=1S/C19H19F2N3O2/c1-11-3-4-12(10-25)7-14(11)15-5-6-16-17(22-15)23(2)18(26)24(16)9-13-8-19(13,20)21/h3-7,13,25H,8-10H2,1-2H3. The molecule has 0 spiro atoms. The summed E-state index contributed by atoms with van der Waals surface area (Å²) in [4.78, 5) is 17.1. The van der Waals surface area contributed by atoms with Gasteiger partial charge in [0, 0.05) is 31.5 Å². The quantitative estimate of drug-likeness (QED) is 0.779. The Morgan fingerprint density at radius 2 is 2.04 bits per heavy atom. The van der Waals surface area contributed by atoms with Gasteiger partial charge < -0.3 is 5.11 Å². The zero-order chi connectivity index (χ0) is 18.6. The molecule has 1 saturated carbocycles. The molecule has 0 radical (unpaired) electrons. The molecule has 1 fully saturated rings. The van der Waals surface area contributed by atoms with Gasteiger partial charge >= 0.3 is 5.69 Å². The smallest absolute Gasteiger partial charge is 0.330 e. The van der Waals surface area contributed by atoms with Crippen LogP contribution in [-0.2, 0) is 20.2 Å². The van der Waals surface area contributed by atoms with Crippen LogP contribution in [0, 0.1) is 12.8 Å². The summed E-state index contributed by atoms with van der Waals surface area (Å²) in [5.74, 6) is -3.45. The summed E-state index contributed by atoms with van der Waals surface area (Å²) in [7, 11) is 1.60. The van der Waals surface area contributed by atoms with Gasteiger partial charge in [0.2, 0.25) is 0 Å². The zero-order valence-electron chi connectivity index (χ0n) is 14.5. The van der Waals surface area contributed by atoms with E-state index in [9.17, 15) is 18.7 Å². The maximum absolute atomic E-state index is 13.3. The van der Waals surface area contributed by atoms with Crippen molar-refractivity contribution in [1.29, 1.82) is 0 Å². The van der Waals surface area contributed by atoms with Crippen molar-refractivity contribution in [3.05, 3.63) is 51.9 Å². The van der Waals surface area contributed by atoms with Crippen LogP contribution in [0.5, 0.6) is 0 Å². The largest absolute Gasteiger partial charge is 0.392 e. The Kier molecular flexibility index (Phi) is 3.73. The van der Waals surface area contributed by atoms with Crippen LogP contribution in [0.25, 0.3) is 22.4 Å². The summed E-state index contributed by atoms with van der Waals surface area (Å²) < 4.78 is 29.3. The van der Waals surface area contributed by atoms with E-state index in [1.54, 1.807) is 19.2 Å². The van der Waals surface area contributed by atoms with E-state index in [0.29, 0.717) is 16.9 Å². The highest BCUT2D eigenvalue weighted by Crippen LogP contribution is 2.49. The van der Waals surface area contributed by atoms with Gasteiger partial charge in [-0.15, -0.1) is 0 Å². The number of hydrogen-bond donors (Lipinski definition) is 1. The lowest BCUT2D eigenvalue weighted by molar-refractivity contribution is 0.0951. The number of aromatic nitrogens is 3. The van der Waals surface area contributed by atoms with E-state index in [1.807, 2.05) is 25.1 Å². The van der Waals surface area contributed by atoms with Crippen LogP contribution in [0.2, 0.25) is 0 Å². The molecule has 136 valence electrons. The Morgan fingerprint density at radius 3 is 2.69 bits per heavy atom. The van der Waals surface area contributed by atoms with E-state index in [4.69, 9.17) is 0 Å². The van der Waals surface area contributed by atoms with Crippen molar-refractivity contribution in [3.8, 4) is 11.3 Å². The lowest BCUT2D eigenvalue weighted by Crippen LogP contribution is -2.23. The molecular formula is C19H19F2N3O2. The van der Waals surface area contributed by atoms with Gasteiger partial charge in [0.1, 0.15) is 0 Å². The summed E-state index contributed by atoms with van der Waals surface area (Å²) in [6.07, 6.45) is -0.172. The van der Waals surface area contributed by atoms with E-state index in [2.05, 4.69) is 4.98 Å². The van der Waals surface area contributed by atoms with Crippen LogP contribution in [0.4, 0.5) is 8.78 Å². The molecule has 1 atom stereocenters. The Morgan fingerprint density at radius 1 is 1.31 bits per heavy atom. The average Bonchev–Trinajstić information content (AvgIpc) is 3.17. The number of alkyl halides is 2. The number of benzene rings is 1. The fourth-order valence-corrected chi connectivity index (χ4v) is 3.33. The predicted molar refractivity (Wildman–Crippen MR) is 94.1 cm³/mol. The predicted octanol–water partition coefficient (Wildman–Crippen LogP) is 2.86. The van der Waals surface area contributed by atoms with Crippen molar-refractivity contribution in [2.24, 2.45) is 13.0 Å². The van der Waals surface area contributed by atoms with Crippen LogP contribution in [-0.4, -0.2) is 25.1 Å². The summed E-state index contributed by atoms with van der Waals surface area (Å²) in [6, 6.07) is 9.16. The molecule has 1 aromatic carbocycles. The van der Waals surface area contributed by atoms with E-state index in [1.165, 1.54) is 9.13 Å². The van der Waals surface area contributed by atoms with E-state index < -0.39 is 11.8 Å². The third kappa shape index (κ3) is 2.63. The third-order valence-electron chi connectivity index (χ3n) is 5.10. The van der Waals surface area contributed by atoms with E-state index in [0.717, 1.165) is 16.7 Å². The number of pyridine rings is 1. The second-order valence-corrected chi connectivity index (χ2v) is 6.96. The number of aryl methyl sites for hydroxylation is 2. The summed E-state index contributed by atoms with van der Waals surface area (Å²) in [6.45, 7) is 1.88. The molecular weight excluding hydrogens is 340 g/mol. The van der Waals surface area contributed by atoms with Gasteiger partial charge in [0.05, 0.1) is 17.8 Å². The zero-order valence-corrected chi connectivity index (χ0v) is 14.5. The van der Waals surface area contributed by atoms with Gasteiger partial charge in [-0.1, -0.05) is 12.1 Å². The highest BCUT2D eigenvalue weighted by Gasteiger charge is 2.57. The average molecular weight is 359 g/mol. The minimum atomic E-state index is -2.67. The SMILES string of the molecule is Cc1ccc(CO)cc1-c1ccc2c(n1)n(C)c(=O)n2CC1CC1(F)F. The van der Waals surface area contributed by atoms with Crippen molar-refractivity contribution in [1.82, 2.24) is 14.1 Å². The molecule has 1 N–H and O–H groups in total. The summed E-state index contributed by atoms with van der Waals surface area (Å²) in [5, 5.41) is 9.36. The number of fused-ring (bicyclic) bond motifs is 1. The maximum Gasteiger partial charge on any atom is 0.330 e. The van der Waals surface area contributed by atoms with Crippen molar-refractivity contribution >= 4 is 11.2 Å². The minimum absolute atomic E-state index is 0.00320. The van der Waals surface area contributed by atoms with Gasteiger partial charge in [-0.2, -0.15) is 0 Å². The first-order valence-corrected chi connectivity index (χ1v) is 8.46. The lowest BCUT2D eigenvalue weighted by Gasteiger charge is -2.08. The number of halogens is 2. The lowest BCUT2D eigenvalue weighted by atomic mass is 10.0. The molecule has 0 amide bonds. The van der Waals surface area contributed by atoms with Gasteiger partial charge in [0.25, 0.3) is 5.92 Å². The Hall–Kier alpha value is -2.54. The molecule has 2 aromatic heterocycles. The summed E-state index contributed by atoms with van der Waals surface area (Å²) >= 11 is 0. The van der Waals surface area contributed by atoms with Crippen LogP contribution in [0.3, 0.4) is 0 Å². The molecule has 2 heterocycles. The number of nitrogens with zero attached hydrogens (tertiary/aromatic N) is 3. The van der Waals surface area contributed by atoms with Crippen molar-refractivity contribution in [2.45, 2.75) is 32.4 Å². The van der Waals surface area contributed by atoms with Crippen molar-refractivity contribution in [2.75, 3.05) is 0 Å². The van der Waals surface area contributed by atoms with E-state index in [-0.39, 0.29) is 25.3 Å². The first-order chi connectivity index (χ1) is 12.3. The van der Waals surface area contributed by atoms with Crippen molar-refractivity contribution < 1.29 is 13.9 Å². The van der Waals surface area contributed by atoms with Crippen molar-refractivity contribution in [3.63, 3.8) is 0 Å². The number of imidazole rings is 1. The first-order valence-electron chi connectivity index (χ1n) is 8.46. The topological polar surface area (TPSA) is 60.1 Å². The minimum Gasteiger partial charge on any atom is -0.392 e. The Labute approximate surface area is 148 Å². The number of hydrogen-bond acceptors (Lipinski definition) is 3. The normalized spacial score (nSPS) is 18.4. The molecule has 5 nitrogen and oxygen atoms in total. The van der Waals surface area contributed by atoms with Crippen LogP contribution in [0.15, 0.2) is 35.1 Å². The molecule has 7 heteroatoms. The maximum atomic E-state index is 13.3. The molecule has 4 rings (SSSR count). The van der Waals surface area contributed by atoms with Gasteiger partial charge in [-0.05, 0) is 36.2 Å². The molecule has 0 bridgehead atoms. The Balaban J connectivity index is 1.82.